The number of ether oxygens (including phenoxy) is 1. The Morgan fingerprint density at radius 2 is 2.16 bits per heavy atom. The molecule has 1 atom stereocenters. The Morgan fingerprint density at radius 3 is 2.76 bits per heavy atom. The summed E-state index contributed by atoms with van der Waals surface area (Å²) in [5, 5.41) is 4.19. The van der Waals surface area contributed by atoms with Crippen LogP contribution < -0.4 is 5.69 Å². The second-order valence-electron chi connectivity index (χ2n) is 5.71. The van der Waals surface area contributed by atoms with E-state index in [1.54, 1.807) is 0 Å². The van der Waals surface area contributed by atoms with Gasteiger partial charge in [0, 0.05) is 12.6 Å². The first-order valence-electron chi connectivity index (χ1n) is 7.59. The molecule has 0 aromatic carbocycles. The molecule has 3 heterocycles. The number of methoxy groups -OCH3 is 1. The van der Waals surface area contributed by atoms with E-state index in [0.29, 0.717) is 30.7 Å². The Labute approximate surface area is 140 Å². The zero-order chi connectivity index (χ0) is 18.2. The minimum atomic E-state index is -4.52. The molecule has 0 radical (unpaired) electrons. The highest BCUT2D eigenvalue weighted by Crippen LogP contribution is 2.27. The van der Waals surface area contributed by atoms with Crippen molar-refractivity contribution in [2.75, 3.05) is 7.11 Å². The molecule has 0 aliphatic carbocycles. The van der Waals surface area contributed by atoms with E-state index < -0.39 is 29.6 Å². The summed E-state index contributed by atoms with van der Waals surface area (Å²) >= 11 is 0. The molecule has 7 nitrogen and oxygen atoms in total. The van der Waals surface area contributed by atoms with Crippen molar-refractivity contribution in [3.05, 3.63) is 45.9 Å². The highest BCUT2D eigenvalue weighted by Gasteiger charge is 2.33. The van der Waals surface area contributed by atoms with E-state index in [9.17, 15) is 22.8 Å². The molecule has 1 aliphatic rings. The summed E-state index contributed by atoms with van der Waals surface area (Å²) in [4.78, 5) is 27.7. The van der Waals surface area contributed by atoms with Gasteiger partial charge in [0.1, 0.15) is 17.6 Å². The SMILES string of the molecule is COC(=O)C1CCCc2nn(Cc3ccc(C(F)(F)F)nc3)c(=O)n21. The molecular formula is C15H15F3N4O3. The number of aromatic nitrogens is 4. The van der Waals surface area contributed by atoms with Crippen LogP contribution in [0.25, 0.3) is 0 Å². The lowest BCUT2D eigenvalue weighted by Gasteiger charge is -2.20. The highest BCUT2D eigenvalue weighted by atomic mass is 19.4. The number of nitrogens with zero attached hydrogens (tertiary/aromatic N) is 4. The number of hydrogen-bond acceptors (Lipinski definition) is 5. The van der Waals surface area contributed by atoms with Crippen LogP contribution in [0, 0.1) is 0 Å². The van der Waals surface area contributed by atoms with E-state index in [2.05, 4.69) is 10.1 Å². The van der Waals surface area contributed by atoms with Crippen LogP contribution in [0.1, 0.15) is 36.0 Å². The lowest BCUT2D eigenvalue weighted by molar-refractivity contribution is -0.145. The number of halogens is 3. The van der Waals surface area contributed by atoms with Crippen molar-refractivity contribution in [1.82, 2.24) is 19.3 Å². The highest BCUT2D eigenvalue weighted by molar-refractivity contribution is 5.74. The second-order valence-corrected chi connectivity index (χ2v) is 5.71. The van der Waals surface area contributed by atoms with Crippen LogP contribution in [0.2, 0.25) is 0 Å². The second kappa shape index (κ2) is 6.34. The third-order valence-electron chi connectivity index (χ3n) is 4.05. The van der Waals surface area contributed by atoms with E-state index in [1.807, 2.05) is 0 Å². The van der Waals surface area contributed by atoms with Crippen LogP contribution in [-0.2, 0) is 28.7 Å². The molecule has 3 rings (SSSR count). The molecule has 0 N–H and O–H groups in total. The topological polar surface area (TPSA) is 79.0 Å². The third kappa shape index (κ3) is 3.28. The molecule has 0 saturated heterocycles. The monoisotopic (exact) mass is 356 g/mol. The summed E-state index contributed by atoms with van der Waals surface area (Å²) in [7, 11) is 1.25. The molecule has 10 heteroatoms. The van der Waals surface area contributed by atoms with Crippen LogP contribution in [0.5, 0.6) is 0 Å². The van der Waals surface area contributed by atoms with Crippen molar-refractivity contribution < 1.29 is 22.7 Å². The van der Waals surface area contributed by atoms with Crippen molar-refractivity contribution in [2.45, 2.75) is 38.0 Å². The van der Waals surface area contributed by atoms with Crippen molar-refractivity contribution in [1.29, 1.82) is 0 Å². The Balaban J connectivity index is 1.89. The fourth-order valence-electron chi connectivity index (χ4n) is 2.85. The van der Waals surface area contributed by atoms with E-state index in [4.69, 9.17) is 4.74 Å². The number of rotatable bonds is 3. The molecule has 0 bridgehead atoms. The number of esters is 1. The van der Waals surface area contributed by atoms with Gasteiger partial charge in [0.2, 0.25) is 0 Å². The Kier molecular flexibility index (Phi) is 4.36. The number of fused-ring (bicyclic) bond motifs is 1. The maximum absolute atomic E-state index is 12.5. The molecule has 0 spiro atoms. The number of carbonyl (C=O) groups excluding carboxylic acids is 1. The van der Waals surface area contributed by atoms with Crippen LogP contribution >= 0.6 is 0 Å². The van der Waals surface area contributed by atoms with E-state index in [0.717, 1.165) is 16.9 Å². The normalized spacial score (nSPS) is 17.2. The van der Waals surface area contributed by atoms with Gasteiger partial charge >= 0.3 is 17.8 Å². The molecule has 0 fully saturated rings. The molecule has 1 aliphatic heterocycles. The molecule has 0 amide bonds. The molecule has 1 unspecified atom stereocenters. The summed E-state index contributed by atoms with van der Waals surface area (Å²) in [6, 6.07) is 1.38. The number of pyridine rings is 1. The quantitative estimate of drug-likeness (QED) is 0.780. The van der Waals surface area contributed by atoms with Gasteiger partial charge in [-0.2, -0.15) is 18.3 Å². The Morgan fingerprint density at radius 1 is 1.40 bits per heavy atom. The zero-order valence-electron chi connectivity index (χ0n) is 13.3. The van der Waals surface area contributed by atoms with Gasteiger partial charge in [-0.05, 0) is 24.5 Å². The van der Waals surface area contributed by atoms with E-state index >= 15 is 0 Å². The minimum absolute atomic E-state index is 0.0299. The molecule has 2 aromatic heterocycles. The number of carbonyl (C=O) groups is 1. The molecular weight excluding hydrogens is 341 g/mol. The summed E-state index contributed by atoms with van der Waals surface area (Å²) in [6.07, 6.45) is -1.74. The van der Waals surface area contributed by atoms with Gasteiger partial charge in [-0.1, -0.05) is 6.07 Å². The van der Waals surface area contributed by atoms with E-state index in [1.165, 1.54) is 17.7 Å². The maximum atomic E-state index is 12.5. The van der Waals surface area contributed by atoms with Gasteiger partial charge in [0.25, 0.3) is 0 Å². The summed E-state index contributed by atoms with van der Waals surface area (Å²) < 4.78 is 44.8. The predicted octanol–water partition coefficient (Wildman–Crippen LogP) is 1.56. The van der Waals surface area contributed by atoms with Crippen LogP contribution in [0.4, 0.5) is 13.2 Å². The van der Waals surface area contributed by atoms with Crippen LogP contribution in [-0.4, -0.2) is 32.4 Å². The Hall–Kier alpha value is -2.65. The fourth-order valence-corrected chi connectivity index (χ4v) is 2.85. The zero-order valence-corrected chi connectivity index (χ0v) is 13.3. The third-order valence-corrected chi connectivity index (χ3v) is 4.05. The van der Waals surface area contributed by atoms with E-state index in [-0.39, 0.29) is 6.54 Å². The number of aryl methyl sites for hydroxylation is 1. The maximum Gasteiger partial charge on any atom is 0.433 e. The largest absolute Gasteiger partial charge is 0.467 e. The smallest absolute Gasteiger partial charge is 0.433 e. The van der Waals surface area contributed by atoms with Gasteiger partial charge in [-0.3, -0.25) is 9.55 Å². The first kappa shape index (κ1) is 17.2. The fraction of sp³-hybridized carbons (Fsp3) is 0.467. The first-order chi connectivity index (χ1) is 11.8. The molecule has 134 valence electrons. The average molecular weight is 356 g/mol. The van der Waals surface area contributed by atoms with Crippen LogP contribution in [0.15, 0.2) is 23.1 Å². The van der Waals surface area contributed by atoms with Crippen molar-refractivity contribution in [3.8, 4) is 0 Å². The van der Waals surface area contributed by atoms with Crippen molar-refractivity contribution >= 4 is 5.97 Å². The lowest BCUT2D eigenvalue weighted by Crippen LogP contribution is -2.35. The minimum Gasteiger partial charge on any atom is -0.467 e. The van der Waals surface area contributed by atoms with Gasteiger partial charge in [0.15, 0.2) is 0 Å². The van der Waals surface area contributed by atoms with Gasteiger partial charge in [-0.25, -0.2) is 14.3 Å². The predicted molar refractivity (Wildman–Crippen MR) is 78.8 cm³/mol. The summed E-state index contributed by atoms with van der Waals surface area (Å²) in [6.45, 7) is -0.0299. The molecule has 25 heavy (non-hydrogen) atoms. The molecule has 0 saturated carbocycles. The Bertz CT molecular complexity index is 839. The standard InChI is InChI=1S/C15H15F3N4O3/c1-25-13(23)10-3-2-4-12-20-21(14(24)22(10)12)8-9-5-6-11(19-7-9)15(16,17)18/h5-7,10H,2-4,8H2,1H3. The molecule has 2 aromatic rings. The average Bonchev–Trinajstić information content (AvgIpc) is 2.90. The number of hydrogen-bond donors (Lipinski definition) is 0. The van der Waals surface area contributed by atoms with Gasteiger partial charge < -0.3 is 4.74 Å². The number of alkyl halides is 3. The van der Waals surface area contributed by atoms with Crippen LogP contribution in [0.3, 0.4) is 0 Å². The van der Waals surface area contributed by atoms with Crippen molar-refractivity contribution in [3.63, 3.8) is 0 Å². The summed E-state index contributed by atoms with van der Waals surface area (Å²) in [5.41, 5.74) is -1.09. The van der Waals surface area contributed by atoms with Crippen molar-refractivity contribution in [2.24, 2.45) is 0 Å². The summed E-state index contributed by atoms with van der Waals surface area (Å²) in [5.74, 6) is -0.0506. The van der Waals surface area contributed by atoms with Gasteiger partial charge in [0.05, 0.1) is 13.7 Å². The lowest BCUT2D eigenvalue weighted by atomic mass is 10.1. The van der Waals surface area contributed by atoms with Gasteiger partial charge in [-0.15, -0.1) is 0 Å². The first-order valence-corrected chi connectivity index (χ1v) is 7.59.